The molecule has 0 spiro atoms. The second kappa shape index (κ2) is 9.62. The van der Waals surface area contributed by atoms with Crippen molar-refractivity contribution in [3.05, 3.63) is 54.4 Å². The number of carbonyl (C=O) groups is 1. The van der Waals surface area contributed by atoms with Gasteiger partial charge in [0.2, 0.25) is 12.7 Å². The van der Waals surface area contributed by atoms with E-state index in [4.69, 9.17) is 9.47 Å². The molecule has 1 aromatic heterocycles. The van der Waals surface area contributed by atoms with Crippen LogP contribution in [0.5, 0.6) is 11.5 Å². The van der Waals surface area contributed by atoms with E-state index in [9.17, 15) is 4.79 Å². The minimum atomic E-state index is -0.117. The summed E-state index contributed by atoms with van der Waals surface area (Å²) in [5.41, 5.74) is 1.68. The van der Waals surface area contributed by atoms with Gasteiger partial charge in [0, 0.05) is 17.4 Å². The molecule has 0 aliphatic carbocycles. The Balaban J connectivity index is 1.29. The van der Waals surface area contributed by atoms with E-state index in [-0.39, 0.29) is 18.5 Å². The number of aromatic nitrogens is 3. The van der Waals surface area contributed by atoms with Crippen LogP contribution in [-0.2, 0) is 11.3 Å². The van der Waals surface area contributed by atoms with Gasteiger partial charge in [-0.25, -0.2) is 0 Å². The molecule has 0 saturated carbocycles. The lowest BCUT2D eigenvalue weighted by atomic mass is 10.1. The van der Waals surface area contributed by atoms with Crippen LogP contribution in [0.2, 0.25) is 0 Å². The highest BCUT2D eigenvalue weighted by Crippen LogP contribution is 2.34. The molecule has 2 aliphatic rings. The summed E-state index contributed by atoms with van der Waals surface area (Å²) in [7, 11) is 0. The normalized spacial score (nSPS) is 15.6. The smallest absolute Gasteiger partial charge is 0.234 e. The fourth-order valence-corrected chi connectivity index (χ4v) is 4.72. The van der Waals surface area contributed by atoms with E-state index in [0.29, 0.717) is 22.3 Å². The lowest BCUT2D eigenvalue weighted by molar-refractivity contribution is -0.113. The van der Waals surface area contributed by atoms with Crippen LogP contribution in [0.15, 0.2) is 53.7 Å². The molecule has 0 bridgehead atoms. The van der Waals surface area contributed by atoms with Gasteiger partial charge in [-0.2, -0.15) is 0 Å². The van der Waals surface area contributed by atoms with Gasteiger partial charge >= 0.3 is 0 Å². The van der Waals surface area contributed by atoms with Crippen LogP contribution in [0.25, 0.3) is 5.69 Å². The molecule has 8 nitrogen and oxygen atoms in total. The van der Waals surface area contributed by atoms with E-state index in [0.717, 1.165) is 31.1 Å². The van der Waals surface area contributed by atoms with Gasteiger partial charge in [-0.3, -0.25) is 14.3 Å². The molecule has 1 saturated heterocycles. The van der Waals surface area contributed by atoms with Crippen LogP contribution in [0.1, 0.15) is 25.1 Å². The number of ether oxygens (including phenoxy) is 2. The van der Waals surface area contributed by atoms with Crippen LogP contribution in [0.4, 0.5) is 5.69 Å². The lowest BCUT2D eigenvalue weighted by Crippen LogP contribution is -2.30. The zero-order valence-corrected chi connectivity index (χ0v) is 18.5. The van der Waals surface area contributed by atoms with Crippen LogP contribution >= 0.6 is 11.8 Å². The van der Waals surface area contributed by atoms with Gasteiger partial charge in [-0.1, -0.05) is 36.4 Å². The first kappa shape index (κ1) is 20.8. The zero-order chi connectivity index (χ0) is 21.8. The average molecular weight is 452 g/mol. The molecule has 0 atom stereocenters. The quantitative estimate of drug-likeness (QED) is 0.549. The Morgan fingerprint density at radius 1 is 1.00 bits per heavy atom. The number of amides is 1. The number of thioether (sulfide) groups is 1. The van der Waals surface area contributed by atoms with Gasteiger partial charge in [-0.05, 0) is 50.2 Å². The maximum atomic E-state index is 12.6. The van der Waals surface area contributed by atoms with Crippen LogP contribution in [0, 0.1) is 0 Å². The number of fused-ring (bicyclic) bond motifs is 1. The predicted molar refractivity (Wildman–Crippen MR) is 122 cm³/mol. The third-order valence-electron chi connectivity index (χ3n) is 5.52. The Bertz CT molecular complexity index is 1080. The summed E-state index contributed by atoms with van der Waals surface area (Å²) in [6.07, 6.45) is 3.74. The Labute approximate surface area is 190 Å². The molecule has 2 aromatic carbocycles. The Hall–Kier alpha value is -3.04. The summed E-state index contributed by atoms with van der Waals surface area (Å²) in [4.78, 5) is 15.0. The summed E-state index contributed by atoms with van der Waals surface area (Å²) in [6.45, 7) is 3.13. The minimum Gasteiger partial charge on any atom is -0.454 e. The fraction of sp³-hybridized carbons (Fsp3) is 0.348. The van der Waals surface area contributed by atoms with Crippen LogP contribution < -0.4 is 14.8 Å². The molecule has 1 fully saturated rings. The van der Waals surface area contributed by atoms with Crippen LogP contribution in [0.3, 0.4) is 0 Å². The number of anilines is 1. The van der Waals surface area contributed by atoms with Crippen molar-refractivity contribution in [1.29, 1.82) is 0 Å². The lowest BCUT2D eigenvalue weighted by Gasteiger charge is -2.26. The monoisotopic (exact) mass is 451 g/mol. The van der Waals surface area contributed by atoms with E-state index in [1.807, 2.05) is 30.3 Å². The molecule has 3 heterocycles. The number of hydrogen-bond acceptors (Lipinski definition) is 7. The van der Waals surface area contributed by atoms with Gasteiger partial charge < -0.3 is 14.8 Å². The second-order valence-corrected chi connectivity index (χ2v) is 8.75. The van der Waals surface area contributed by atoms with Crippen molar-refractivity contribution in [2.45, 2.75) is 31.0 Å². The van der Waals surface area contributed by atoms with Gasteiger partial charge in [0.25, 0.3) is 0 Å². The highest BCUT2D eigenvalue weighted by molar-refractivity contribution is 7.99. The summed E-state index contributed by atoms with van der Waals surface area (Å²) in [5.74, 6) is 2.34. The Morgan fingerprint density at radius 2 is 1.81 bits per heavy atom. The van der Waals surface area contributed by atoms with E-state index in [2.05, 4.69) is 25.0 Å². The van der Waals surface area contributed by atoms with E-state index in [1.54, 1.807) is 18.2 Å². The largest absolute Gasteiger partial charge is 0.454 e. The van der Waals surface area contributed by atoms with Gasteiger partial charge in [-0.15, -0.1) is 10.2 Å². The summed E-state index contributed by atoms with van der Waals surface area (Å²) in [5, 5.41) is 12.5. The number of nitrogens with zero attached hydrogens (tertiary/aromatic N) is 4. The van der Waals surface area contributed by atoms with Crippen molar-refractivity contribution in [1.82, 2.24) is 19.7 Å². The van der Waals surface area contributed by atoms with Crippen molar-refractivity contribution in [3.8, 4) is 17.2 Å². The molecule has 1 amide bonds. The minimum absolute atomic E-state index is 0.117. The van der Waals surface area contributed by atoms with E-state index in [1.165, 1.54) is 31.0 Å². The standard InChI is InChI=1S/C23H25N5O3S/c29-22(24-17-9-10-19-20(13-17)31-16-30-19)15-32-23-26-25-21(14-27-11-5-2-6-12-27)28(23)18-7-3-1-4-8-18/h1,3-4,7-10,13H,2,5-6,11-12,14-16H2,(H,24,29). The third kappa shape index (κ3) is 4.73. The van der Waals surface area contributed by atoms with Gasteiger partial charge in [0.05, 0.1) is 12.3 Å². The molecule has 1 N–H and O–H groups in total. The molecule has 0 unspecified atom stereocenters. The second-order valence-electron chi connectivity index (χ2n) is 7.81. The number of para-hydroxylation sites is 1. The number of benzene rings is 2. The SMILES string of the molecule is O=C(CSc1nnc(CN2CCCCC2)n1-c1ccccc1)Nc1ccc2c(c1)OCO2. The van der Waals surface area contributed by atoms with E-state index >= 15 is 0 Å². The third-order valence-corrected chi connectivity index (χ3v) is 6.45. The Morgan fingerprint density at radius 3 is 2.66 bits per heavy atom. The van der Waals surface area contributed by atoms with Crippen molar-refractivity contribution >= 4 is 23.4 Å². The van der Waals surface area contributed by atoms with Gasteiger partial charge in [0.15, 0.2) is 22.5 Å². The molecule has 0 radical (unpaired) electrons. The molecular weight excluding hydrogens is 426 g/mol. The highest BCUT2D eigenvalue weighted by atomic mass is 32.2. The molecule has 32 heavy (non-hydrogen) atoms. The molecule has 9 heteroatoms. The first-order chi connectivity index (χ1) is 15.8. The van der Waals surface area contributed by atoms with Crippen molar-refractivity contribution < 1.29 is 14.3 Å². The number of likely N-dealkylation sites (tertiary alicyclic amines) is 1. The molecule has 2 aliphatic heterocycles. The molecule has 3 aromatic rings. The fourth-order valence-electron chi connectivity index (χ4n) is 3.95. The summed E-state index contributed by atoms with van der Waals surface area (Å²) < 4.78 is 12.8. The van der Waals surface area contributed by atoms with Gasteiger partial charge in [0.1, 0.15) is 0 Å². The summed E-state index contributed by atoms with van der Waals surface area (Å²) >= 11 is 1.38. The topological polar surface area (TPSA) is 81.5 Å². The number of hydrogen-bond donors (Lipinski definition) is 1. The average Bonchev–Trinajstić information content (AvgIpc) is 3.45. The number of rotatable bonds is 7. The zero-order valence-electron chi connectivity index (χ0n) is 17.7. The first-order valence-electron chi connectivity index (χ1n) is 10.8. The van der Waals surface area contributed by atoms with Crippen LogP contribution in [-0.4, -0.2) is 51.2 Å². The van der Waals surface area contributed by atoms with Crippen molar-refractivity contribution in [2.75, 3.05) is 31.0 Å². The maximum absolute atomic E-state index is 12.6. The number of carbonyl (C=O) groups excluding carboxylic acids is 1. The molecule has 5 rings (SSSR count). The number of nitrogens with one attached hydrogen (secondary N) is 1. The first-order valence-corrected chi connectivity index (χ1v) is 11.8. The van der Waals surface area contributed by atoms with Crippen molar-refractivity contribution in [3.63, 3.8) is 0 Å². The molecular formula is C23H25N5O3S. The van der Waals surface area contributed by atoms with Crippen molar-refractivity contribution in [2.24, 2.45) is 0 Å². The number of piperidine rings is 1. The van der Waals surface area contributed by atoms with E-state index < -0.39 is 0 Å². The molecule has 166 valence electrons. The maximum Gasteiger partial charge on any atom is 0.234 e. The predicted octanol–water partition coefficient (Wildman–Crippen LogP) is 3.71. The Kier molecular flexibility index (Phi) is 6.27. The highest BCUT2D eigenvalue weighted by Gasteiger charge is 2.20. The summed E-state index contributed by atoms with van der Waals surface area (Å²) in [6, 6.07) is 15.4.